The Labute approximate surface area is 217 Å². The van der Waals surface area contributed by atoms with Crippen LogP contribution in [0.5, 0.6) is 0 Å². The third-order valence-corrected chi connectivity index (χ3v) is 7.73. The van der Waals surface area contributed by atoms with Crippen LogP contribution in [0.25, 0.3) is 11.0 Å². The van der Waals surface area contributed by atoms with Crippen LogP contribution >= 0.6 is 0 Å². The molecule has 0 spiro atoms. The number of para-hydroxylation sites is 1. The number of amides is 2. The van der Waals surface area contributed by atoms with Crippen molar-refractivity contribution in [3.8, 4) is 6.07 Å². The van der Waals surface area contributed by atoms with Crippen LogP contribution in [0.4, 0.5) is 4.79 Å². The van der Waals surface area contributed by atoms with E-state index >= 15 is 0 Å². The average Bonchev–Trinajstić information content (AvgIpc) is 3.16. The number of nitriles is 1. The SMILES string of the molecule is CCN(C(=O)c1nc2c(C#N)cccc2[nH]1)[C@]12CCC[C@]1(N(Cc1ccccc1)C(=O)OC(C)(C)C)C2. The van der Waals surface area contributed by atoms with E-state index in [1.807, 2.05) is 73.9 Å². The molecule has 0 unspecified atom stereocenters. The number of aromatic nitrogens is 2. The molecule has 0 aliphatic heterocycles. The number of hydrogen-bond acceptors (Lipinski definition) is 5. The minimum atomic E-state index is -0.633. The van der Waals surface area contributed by atoms with E-state index in [1.165, 1.54) is 0 Å². The number of fused-ring (bicyclic) bond motifs is 2. The fourth-order valence-corrected chi connectivity index (χ4v) is 6.18. The number of likely N-dealkylation sites (N-methyl/N-ethyl adjacent to an activating group) is 1. The van der Waals surface area contributed by atoms with E-state index in [9.17, 15) is 14.9 Å². The second-order valence-corrected chi connectivity index (χ2v) is 11.1. The first-order chi connectivity index (χ1) is 17.6. The van der Waals surface area contributed by atoms with Crippen molar-refractivity contribution in [3.05, 3.63) is 65.5 Å². The molecule has 3 aromatic rings. The standard InChI is InChI=1S/C29H33N5O3/c1-5-33(25(35)24-31-22-14-9-13-21(17-30)23(22)32-24)28-15-10-16-29(28,19-28)34(26(36)37-27(2,3)4)18-20-11-7-6-8-12-20/h6-9,11-14H,5,10,15-16,18-19H2,1-4H3,(H,31,32)/t28-,29-/m0/s1. The third-order valence-electron chi connectivity index (χ3n) is 7.73. The van der Waals surface area contributed by atoms with Gasteiger partial charge in [-0.25, -0.2) is 9.78 Å². The average molecular weight is 500 g/mol. The van der Waals surface area contributed by atoms with Crippen LogP contribution in [0.1, 0.15) is 75.1 Å². The van der Waals surface area contributed by atoms with Crippen LogP contribution in [0.15, 0.2) is 48.5 Å². The van der Waals surface area contributed by atoms with Gasteiger partial charge in [0.15, 0.2) is 5.82 Å². The van der Waals surface area contributed by atoms with Gasteiger partial charge in [0, 0.05) is 13.1 Å². The summed E-state index contributed by atoms with van der Waals surface area (Å²) in [6.45, 7) is 8.48. The molecule has 0 radical (unpaired) electrons. The number of aromatic amines is 1. The maximum Gasteiger partial charge on any atom is 0.411 e. The summed E-state index contributed by atoms with van der Waals surface area (Å²) < 4.78 is 5.88. The molecule has 2 saturated carbocycles. The Balaban J connectivity index is 1.50. The number of carbonyl (C=O) groups excluding carboxylic acids is 2. The summed E-state index contributed by atoms with van der Waals surface area (Å²) >= 11 is 0. The lowest BCUT2D eigenvalue weighted by molar-refractivity contribution is 0.00289. The second kappa shape index (κ2) is 8.91. The highest BCUT2D eigenvalue weighted by Crippen LogP contribution is 2.66. The lowest BCUT2D eigenvalue weighted by atomic mass is 10.1. The molecule has 1 aromatic heterocycles. The number of benzene rings is 2. The molecule has 2 aliphatic carbocycles. The molecule has 0 bridgehead atoms. The van der Waals surface area contributed by atoms with Crippen molar-refractivity contribution in [1.29, 1.82) is 5.26 Å². The zero-order valence-corrected chi connectivity index (χ0v) is 21.9. The van der Waals surface area contributed by atoms with Crippen molar-refractivity contribution in [3.63, 3.8) is 0 Å². The summed E-state index contributed by atoms with van der Waals surface area (Å²) in [5.74, 6) is 0.00344. The van der Waals surface area contributed by atoms with Gasteiger partial charge in [0.25, 0.3) is 5.91 Å². The monoisotopic (exact) mass is 499 g/mol. The van der Waals surface area contributed by atoms with Gasteiger partial charge in [0.05, 0.1) is 22.2 Å². The van der Waals surface area contributed by atoms with E-state index < -0.39 is 16.7 Å². The number of nitrogens with one attached hydrogen (secondary N) is 1. The molecule has 37 heavy (non-hydrogen) atoms. The molecule has 192 valence electrons. The predicted molar refractivity (Wildman–Crippen MR) is 140 cm³/mol. The zero-order chi connectivity index (χ0) is 26.4. The van der Waals surface area contributed by atoms with Crippen molar-refractivity contribution < 1.29 is 14.3 Å². The van der Waals surface area contributed by atoms with Crippen molar-refractivity contribution in [1.82, 2.24) is 19.8 Å². The number of ether oxygens (including phenoxy) is 1. The van der Waals surface area contributed by atoms with Gasteiger partial charge < -0.3 is 14.6 Å². The Morgan fingerprint density at radius 1 is 1.08 bits per heavy atom. The first-order valence-electron chi connectivity index (χ1n) is 12.9. The van der Waals surface area contributed by atoms with Crippen LogP contribution in [0, 0.1) is 11.3 Å². The summed E-state index contributed by atoms with van der Waals surface area (Å²) in [6.07, 6.45) is 2.88. The van der Waals surface area contributed by atoms with E-state index in [2.05, 4.69) is 16.0 Å². The number of hydrogen-bond donors (Lipinski definition) is 1. The van der Waals surface area contributed by atoms with Crippen LogP contribution in [-0.2, 0) is 11.3 Å². The van der Waals surface area contributed by atoms with Gasteiger partial charge in [0.2, 0.25) is 0 Å². The summed E-state index contributed by atoms with van der Waals surface area (Å²) in [4.78, 5) is 38.9. The minimum absolute atomic E-state index is 0.213. The van der Waals surface area contributed by atoms with Crippen LogP contribution in [0.3, 0.4) is 0 Å². The Morgan fingerprint density at radius 2 is 1.78 bits per heavy atom. The molecule has 2 atom stereocenters. The van der Waals surface area contributed by atoms with E-state index in [0.717, 1.165) is 24.8 Å². The fourth-order valence-electron chi connectivity index (χ4n) is 6.18. The highest BCUT2D eigenvalue weighted by molar-refractivity contribution is 5.96. The number of rotatable bonds is 6. The molecule has 1 heterocycles. The highest BCUT2D eigenvalue weighted by Gasteiger charge is 2.77. The summed E-state index contributed by atoms with van der Waals surface area (Å²) in [6, 6.07) is 17.3. The maximum absolute atomic E-state index is 13.9. The van der Waals surface area contributed by atoms with Crippen molar-refractivity contribution in [2.45, 2.75) is 76.6 Å². The van der Waals surface area contributed by atoms with Gasteiger partial charge in [0.1, 0.15) is 17.2 Å². The number of imidazole rings is 1. The Kier molecular flexibility index (Phi) is 5.98. The van der Waals surface area contributed by atoms with Crippen molar-refractivity contribution >= 4 is 23.0 Å². The lowest BCUT2D eigenvalue weighted by Gasteiger charge is -2.38. The molecule has 2 fully saturated rings. The zero-order valence-electron chi connectivity index (χ0n) is 21.9. The van der Waals surface area contributed by atoms with E-state index in [4.69, 9.17) is 4.74 Å². The summed E-state index contributed by atoms with van der Waals surface area (Å²) in [7, 11) is 0. The van der Waals surface area contributed by atoms with E-state index in [-0.39, 0.29) is 17.8 Å². The van der Waals surface area contributed by atoms with Crippen LogP contribution in [0.2, 0.25) is 0 Å². The second-order valence-electron chi connectivity index (χ2n) is 11.1. The Morgan fingerprint density at radius 3 is 2.43 bits per heavy atom. The van der Waals surface area contributed by atoms with Gasteiger partial charge in [-0.1, -0.05) is 36.4 Å². The first-order valence-corrected chi connectivity index (χ1v) is 12.9. The normalized spacial score (nSPS) is 22.2. The quantitative estimate of drug-likeness (QED) is 0.489. The Hall–Kier alpha value is -3.86. The molecule has 8 heteroatoms. The Bertz CT molecular complexity index is 1390. The highest BCUT2D eigenvalue weighted by atomic mass is 16.6. The van der Waals surface area contributed by atoms with Gasteiger partial charge in [-0.15, -0.1) is 0 Å². The summed E-state index contributed by atoms with van der Waals surface area (Å²) in [5, 5.41) is 9.46. The van der Waals surface area contributed by atoms with Gasteiger partial charge in [-0.05, 0) is 71.1 Å². The fraction of sp³-hybridized carbons (Fsp3) is 0.448. The van der Waals surface area contributed by atoms with E-state index in [1.54, 1.807) is 12.1 Å². The molecular weight excluding hydrogens is 466 g/mol. The summed E-state index contributed by atoms with van der Waals surface area (Å²) in [5.41, 5.74) is 0.980. The van der Waals surface area contributed by atoms with Crippen LogP contribution < -0.4 is 0 Å². The number of carbonyl (C=O) groups is 2. The molecule has 0 saturated heterocycles. The molecule has 5 rings (SSSR count). The van der Waals surface area contributed by atoms with Gasteiger partial charge >= 0.3 is 6.09 Å². The molecule has 2 aromatic carbocycles. The van der Waals surface area contributed by atoms with E-state index in [0.29, 0.717) is 36.1 Å². The number of nitrogens with zero attached hydrogens (tertiary/aromatic N) is 4. The molecule has 8 nitrogen and oxygen atoms in total. The smallest absolute Gasteiger partial charge is 0.411 e. The number of H-pyrrole nitrogens is 1. The topological polar surface area (TPSA) is 102 Å². The van der Waals surface area contributed by atoms with Crippen LogP contribution in [-0.4, -0.2) is 55.0 Å². The minimum Gasteiger partial charge on any atom is -0.444 e. The molecule has 2 aliphatic rings. The molecular formula is C29H33N5O3. The largest absolute Gasteiger partial charge is 0.444 e. The third kappa shape index (κ3) is 4.12. The lowest BCUT2D eigenvalue weighted by Crippen LogP contribution is -2.53. The molecule has 1 N–H and O–H groups in total. The first kappa shape index (κ1) is 24.8. The van der Waals surface area contributed by atoms with Crippen molar-refractivity contribution in [2.24, 2.45) is 0 Å². The van der Waals surface area contributed by atoms with Gasteiger partial charge in [-0.2, -0.15) is 5.26 Å². The van der Waals surface area contributed by atoms with Gasteiger partial charge in [-0.3, -0.25) is 9.69 Å². The molecule has 2 amide bonds. The van der Waals surface area contributed by atoms with Crippen molar-refractivity contribution in [2.75, 3.05) is 6.54 Å². The maximum atomic E-state index is 13.9. The predicted octanol–water partition coefficient (Wildman–Crippen LogP) is 5.40.